The molecule has 25 aromatic carbocycles. The molecule has 0 heteroatoms. The minimum absolute atomic E-state index is 1.13. The van der Waals surface area contributed by atoms with Crippen LogP contribution >= 0.6 is 0 Å². The number of rotatable bonds is 12. The van der Waals surface area contributed by atoms with E-state index in [1.165, 1.54) is 265 Å². The molecule has 0 saturated heterocycles. The molecule has 0 fully saturated rings. The monoisotopic (exact) mass is 1730 g/mol. The van der Waals surface area contributed by atoms with E-state index in [-0.39, 0.29) is 0 Å². The van der Waals surface area contributed by atoms with Crippen molar-refractivity contribution >= 4 is 64.6 Å². The highest BCUT2D eigenvalue weighted by atomic mass is 14.4. The topological polar surface area (TPSA) is 0 Å². The van der Waals surface area contributed by atoms with Gasteiger partial charge in [0.15, 0.2) is 0 Å². The molecule has 0 bridgehead atoms. The van der Waals surface area contributed by atoms with Gasteiger partial charge in [-0.2, -0.15) is 0 Å². The lowest BCUT2D eigenvalue weighted by Crippen LogP contribution is -2.03. The Morgan fingerprint density at radius 2 is 0.203 bits per heavy atom. The summed E-state index contributed by atoms with van der Waals surface area (Å²) in [5.74, 6) is 0. The highest BCUT2D eigenvalue weighted by Gasteiger charge is 2.38. The normalized spacial score (nSPS) is 12.3. The molecule has 0 radical (unpaired) electrons. The molecule has 0 aliphatic heterocycles. The maximum Gasteiger partial charge on any atom is -0.00136 e. The van der Waals surface area contributed by atoms with E-state index in [1.807, 2.05) is 0 Å². The third-order valence-corrected chi connectivity index (χ3v) is 31.6. The first-order valence-electron chi connectivity index (χ1n) is 48.3. The molecular formula is C138H78. The van der Waals surface area contributed by atoms with E-state index >= 15 is 0 Å². The quantitative estimate of drug-likeness (QED) is 0.114. The van der Waals surface area contributed by atoms with Crippen LogP contribution < -0.4 is 0 Å². The van der Waals surface area contributed by atoms with E-state index in [4.69, 9.17) is 0 Å². The molecule has 0 amide bonds. The maximum atomic E-state index is 2.62. The fourth-order valence-corrected chi connectivity index (χ4v) is 25.8. The van der Waals surface area contributed by atoms with Crippen molar-refractivity contribution in [1.29, 1.82) is 0 Å². The number of hydrogen-bond donors (Lipinski definition) is 0. The molecule has 0 nitrogen and oxygen atoms in total. The Balaban J connectivity index is 0.771. The first-order valence-corrected chi connectivity index (χ1v) is 48.3. The molecule has 25 aromatic rings. The minimum atomic E-state index is 1.13. The third-order valence-electron chi connectivity index (χ3n) is 31.6. The van der Waals surface area contributed by atoms with Gasteiger partial charge in [-0.05, 0) is 368 Å². The summed E-state index contributed by atoms with van der Waals surface area (Å²) in [7, 11) is 0. The number of fused-ring (bicyclic) bond motifs is 18. The fourth-order valence-electron chi connectivity index (χ4n) is 25.8. The largest absolute Gasteiger partial charge is 0.0622 e. The van der Waals surface area contributed by atoms with Crippen molar-refractivity contribution in [2.24, 2.45) is 0 Å². The van der Waals surface area contributed by atoms with Gasteiger partial charge < -0.3 is 0 Å². The fraction of sp³-hybridized carbons (Fsp3) is 0. The van der Waals surface area contributed by atoms with Gasteiger partial charge in [0, 0.05) is 0 Å². The molecule has 0 aromatic heterocycles. The van der Waals surface area contributed by atoms with Crippen LogP contribution in [0.15, 0.2) is 473 Å². The van der Waals surface area contributed by atoms with Gasteiger partial charge in [0.1, 0.15) is 0 Å². The summed E-state index contributed by atoms with van der Waals surface area (Å²) in [5, 5.41) is 15.2. The Bertz CT molecular complexity index is 8290. The SMILES string of the molecule is c1ccc(-c2ccc3c4c(cccc24)-c2cc(-c4c(-c5ccc6c(c5)-c5cccc7c(-c8ccccc8)ccc-6c57)c(-c5ccc6c(c5)-c5cccc7c(-c8ccccc8)ccc-6c57)c(-c5ccc6c(c5)-c5cccc7c(-c8ccccc8)ccc-6c57)c(-c5ccc6c(c5)-c5cccc7c(-c8ccccc8)ccc-6c57)c4-c4ccc5c(c4)-c4cccc6c(-c7ccccc7)ccc-5c46)ccc2-3)cc1. The van der Waals surface area contributed by atoms with Crippen molar-refractivity contribution in [1.82, 2.24) is 0 Å². The average Bonchev–Trinajstić information content (AvgIpc) is 1.37. The van der Waals surface area contributed by atoms with Crippen LogP contribution in [0.25, 0.3) is 332 Å². The molecule has 31 rings (SSSR count). The summed E-state index contributed by atoms with van der Waals surface area (Å²) in [4.78, 5) is 0. The van der Waals surface area contributed by atoms with Crippen LogP contribution in [-0.4, -0.2) is 0 Å². The molecule has 0 unspecified atom stereocenters. The standard InChI is InChI=1S/C138H78/c1-7-25-79(26-8-1)91-61-67-115-97-55-49-85(73-121(97)109-43-19-37-103(91)133(109)115)127-128(86-50-56-98-116-68-62-92(80-27-9-2-10-28-80)104-38-20-44-110(134(104)116)122(98)74-86)130(88-52-58-100-118-70-64-94(82-31-13-4-14-32-82)106-40-22-46-112(136(106)118)124(100)76-88)132(90-54-60-102-120-72-66-96(84-35-17-6-18-36-84)108-42-24-48-114(138(108)120)126(102)78-90)131(89-53-59-101-119-71-65-95(83-33-15-5-16-34-83)107-41-23-47-113(137(107)119)125(101)77-89)129(127)87-51-57-99-117-69-63-93(81-29-11-3-12-30-81)105-39-21-45-111(135(105)117)123(99)75-87/h1-78H. The lowest BCUT2D eigenvalue weighted by Gasteiger charge is -2.30. The zero-order valence-corrected chi connectivity index (χ0v) is 75.0. The van der Waals surface area contributed by atoms with E-state index in [9.17, 15) is 0 Å². The predicted octanol–water partition coefficient (Wildman–Crippen LogP) is 38.5. The first kappa shape index (κ1) is 75.6. The molecule has 0 spiro atoms. The first-order chi connectivity index (χ1) is 68.5. The van der Waals surface area contributed by atoms with Crippen LogP contribution in [0.2, 0.25) is 0 Å². The Hall–Kier alpha value is -17.9. The van der Waals surface area contributed by atoms with E-state index in [0.29, 0.717) is 0 Å². The van der Waals surface area contributed by atoms with E-state index in [2.05, 4.69) is 473 Å². The Labute approximate surface area is 799 Å². The van der Waals surface area contributed by atoms with Crippen LogP contribution in [0.5, 0.6) is 0 Å². The number of hydrogen-bond acceptors (Lipinski definition) is 0. The van der Waals surface area contributed by atoms with E-state index in [0.717, 1.165) is 66.8 Å². The average molecular weight is 1740 g/mol. The van der Waals surface area contributed by atoms with Crippen molar-refractivity contribution in [3.8, 4) is 267 Å². The third kappa shape index (κ3) is 10.6. The van der Waals surface area contributed by atoms with Crippen LogP contribution in [-0.2, 0) is 0 Å². The summed E-state index contributed by atoms with van der Waals surface area (Å²) in [5.41, 5.74) is 58.0. The molecule has 0 N–H and O–H groups in total. The molecule has 630 valence electrons. The summed E-state index contributed by atoms with van der Waals surface area (Å²) < 4.78 is 0. The predicted molar refractivity (Wildman–Crippen MR) is 583 cm³/mol. The highest BCUT2D eigenvalue weighted by molar-refractivity contribution is 6.29. The molecule has 0 atom stereocenters. The van der Waals surface area contributed by atoms with Crippen molar-refractivity contribution in [3.63, 3.8) is 0 Å². The smallest absolute Gasteiger partial charge is 0.00136 e. The van der Waals surface area contributed by atoms with Crippen LogP contribution in [0.3, 0.4) is 0 Å². The lowest BCUT2D eigenvalue weighted by molar-refractivity contribution is 1.52. The summed E-state index contributed by atoms with van der Waals surface area (Å²) >= 11 is 0. The van der Waals surface area contributed by atoms with E-state index in [1.54, 1.807) is 0 Å². The van der Waals surface area contributed by atoms with Gasteiger partial charge in [-0.1, -0.05) is 437 Å². The van der Waals surface area contributed by atoms with Crippen molar-refractivity contribution in [2.75, 3.05) is 0 Å². The van der Waals surface area contributed by atoms with Gasteiger partial charge >= 0.3 is 0 Å². The molecular weight excluding hydrogens is 1660 g/mol. The molecule has 138 heavy (non-hydrogen) atoms. The van der Waals surface area contributed by atoms with Crippen molar-refractivity contribution in [2.45, 2.75) is 0 Å². The Morgan fingerprint density at radius 3 is 0.355 bits per heavy atom. The number of benzene rings is 25. The van der Waals surface area contributed by atoms with E-state index < -0.39 is 0 Å². The highest BCUT2D eigenvalue weighted by Crippen LogP contribution is 2.65. The lowest BCUT2D eigenvalue weighted by atomic mass is 9.72. The minimum Gasteiger partial charge on any atom is -0.0622 e. The van der Waals surface area contributed by atoms with Crippen molar-refractivity contribution < 1.29 is 0 Å². The zero-order valence-electron chi connectivity index (χ0n) is 75.0. The second-order valence-corrected chi connectivity index (χ2v) is 38.3. The molecule has 6 aliphatic rings. The Morgan fingerprint density at radius 1 is 0.0725 bits per heavy atom. The van der Waals surface area contributed by atoms with Gasteiger partial charge in [0.05, 0.1) is 0 Å². The molecule has 6 aliphatic carbocycles. The summed E-state index contributed by atoms with van der Waals surface area (Å²) in [6.45, 7) is 0. The second-order valence-electron chi connectivity index (χ2n) is 38.3. The van der Waals surface area contributed by atoms with Crippen LogP contribution in [0.4, 0.5) is 0 Å². The van der Waals surface area contributed by atoms with Crippen LogP contribution in [0.1, 0.15) is 0 Å². The van der Waals surface area contributed by atoms with Gasteiger partial charge in [-0.15, -0.1) is 0 Å². The second kappa shape index (κ2) is 28.8. The van der Waals surface area contributed by atoms with Gasteiger partial charge in [0.25, 0.3) is 0 Å². The zero-order chi connectivity index (χ0) is 89.8. The molecule has 0 saturated carbocycles. The van der Waals surface area contributed by atoms with Gasteiger partial charge in [-0.25, -0.2) is 0 Å². The van der Waals surface area contributed by atoms with Crippen molar-refractivity contribution in [3.05, 3.63) is 473 Å². The summed E-state index contributed by atoms with van der Waals surface area (Å²) in [6.07, 6.45) is 0. The van der Waals surface area contributed by atoms with Gasteiger partial charge in [-0.3, -0.25) is 0 Å². The maximum absolute atomic E-state index is 2.62. The van der Waals surface area contributed by atoms with Gasteiger partial charge in [0.2, 0.25) is 0 Å². The molecule has 0 heterocycles. The van der Waals surface area contributed by atoms with Crippen LogP contribution in [0, 0.1) is 0 Å². The summed E-state index contributed by atoms with van der Waals surface area (Å²) in [6, 6.07) is 183. The Kier molecular flexibility index (Phi) is 15.8.